The van der Waals surface area contributed by atoms with Gasteiger partial charge in [-0.2, -0.15) is 4.31 Å². The number of nitrogens with one attached hydrogen (secondary N) is 1. The number of hydrogen-bond donors (Lipinski definition) is 2. The molecular weight excluding hydrogens is 451 g/mol. The van der Waals surface area contributed by atoms with Crippen LogP contribution < -0.4 is 5.32 Å². The van der Waals surface area contributed by atoms with Gasteiger partial charge in [-0.3, -0.25) is 9.59 Å². The zero-order valence-corrected chi connectivity index (χ0v) is 18.6. The smallest absolute Gasteiger partial charge is 0.308 e. The molecule has 1 amide bonds. The molecule has 4 fully saturated rings. The van der Waals surface area contributed by atoms with Crippen LogP contribution in [0.2, 0.25) is 10.0 Å². The summed E-state index contributed by atoms with van der Waals surface area (Å²) in [4.78, 5) is 24.9. The third-order valence-electron chi connectivity index (χ3n) is 6.76. The Morgan fingerprint density at radius 2 is 1.60 bits per heavy atom. The Balaban J connectivity index is 1.56. The van der Waals surface area contributed by atoms with E-state index in [1.807, 2.05) is 0 Å². The molecule has 2 unspecified atom stereocenters. The molecule has 30 heavy (non-hydrogen) atoms. The number of rotatable bonds is 5. The molecule has 1 heterocycles. The number of amides is 1. The highest BCUT2D eigenvalue weighted by Crippen LogP contribution is 2.45. The molecule has 3 aliphatic carbocycles. The Labute approximate surface area is 185 Å². The van der Waals surface area contributed by atoms with Crippen LogP contribution in [0.5, 0.6) is 0 Å². The summed E-state index contributed by atoms with van der Waals surface area (Å²) in [5.74, 6) is -1.74. The molecule has 0 aromatic heterocycles. The van der Waals surface area contributed by atoms with Gasteiger partial charge in [-0.25, -0.2) is 8.42 Å². The van der Waals surface area contributed by atoms with Crippen molar-refractivity contribution in [3.05, 3.63) is 28.2 Å². The lowest BCUT2D eigenvalue weighted by molar-refractivity contribution is -0.150. The number of carboxylic acids is 1. The van der Waals surface area contributed by atoms with Gasteiger partial charge in [0.05, 0.1) is 10.8 Å². The first-order valence-corrected chi connectivity index (χ1v) is 12.4. The largest absolute Gasteiger partial charge is 0.481 e. The fourth-order valence-electron chi connectivity index (χ4n) is 5.38. The molecule has 7 nitrogen and oxygen atoms in total. The average molecular weight is 475 g/mol. The van der Waals surface area contributed by atoms with Gasteiger partial charge in [0, 0.05) is 22.6 Å². The topological polar surface area (TPSA) is 104 Å². The molecule has 1 aliphatic heterocycles. The molecule has 1 saturated heterocycles. The number of halogens is 2. The van der Waals surface area contributed by atoms with Crippen molar-refractivity contribution in [3.8, 4) is 0 Å². The van der Waals surface area contributed by atoms with Crippen LogP contribution in [0, 0.1) is 17.8 Å². The summed E-state index contributed by atoms with van der Waals surface area (Å²) in [5.41, 5.74) is 0. The Hall–Kier alpha value is -1.35. The van der Waals surface area contributed by atoms with Crippen molar-refractivity contribution in [2.24, 2.45) is 17.8 Å². The van der Waals surface area contributed by atoms with Gasteiger partial charge in [0.15, 0.2) is 0 Å². The predicted octanol–water partition coefficient (Wildman–Crippen LogP) is 3.15. The van der Waals surface area contributed by atoms with Crippen LogP contribution in [-0.2, 0) is 19.6 Å². The summed E-state index contributed by atoms with van der Waals surface area (Å²) < 4.78 is 27.5. The number of nitrogens with zero attached hydrogens (tertiary/aromatic N) is 1. The third kappa shape index (κ3) is 3.95. The lowest BCUT2D eigenvalue weighted by Crippen LogP contribution is -2.59. The van der Waals surface area contributed by atoms with E-state index >= 15 is 0 Å². The highest BCUT2D eigenvalue weighted by atomic mass is 35.5. The van der Waals surface area contributed by atoms with Crippen molar-refractivity contribution in [3.63, 3.8) is 0 Å². The summed E-state index contributed by atoms with van der Waals surface area (Å²) >= 11 is 11.9. The van der Waals surface area contributed by atoms with E-state index in [1.54, 1.807) is 0 Å². The van der Waals surface area contributed by atoms with Gasteiger partial charge in [-0.05, 0) is 68.6 Å². The second-order valence-electron chi connectivity index (χ2n) is 8.45. The Kier molecular flexibility index (Phi) is 6.05. The molecule has 2 N–H and O–H groups in total. The first-order chi connectivity index (χ1) is 14.2. The van der Waals surface area contributed by atoms with Gasteiger partial charge < -0.3 is 10.4 Å². The predicted molar refractivity (Wildman–Crippen MR) is 112 cm³/mol. The van der Waals surface area contributed by atoms with Crippen molar-refractivity contribution >= 4 is 45.1 Å². The van der Waals surface area contributed by atoms with Crippen LogP contribution in [0.15, 0.2) is 23.1 Å². The number of sulfonamides is 1. The molecule has 5 rings (SSSR count). The minimum absolute atomic E-state index is 0.0557. The van der Waals surface area contributed by atoms with Gasteiger partial charge >= 0.3 is 5.97 Å². The summed E-state index contributed by atoms with van der Waals surface area (Å²) in [6, 6.07) is 2.75. The minimum Gasteiger partial charge on any atom is -0.481 e. The van der Waals surface area contributed by atoms with E-state index in [2.05, 4.69) is 5.32 Å². The van der Waals surface area contributed by atoms with Crippen molar-refractivity contribution in [2.75, 3.05) is 6.54 Å². The second kappa shape index (κ2) is 8.30. The molecule has 3 atom stereocenters. The highest BCUT2D eigenvalue weighted by molar-refractivity contribution is 7.89. The quantitative estimate of drug-likeness (QED) is 0.681. The average Bonchev–Trinajstić information content (AvgIpc) is 3.18. The molecule has 1 aromatic rings. The minimum atomic E-state index is -3.97. The molecule has 164 valence electrons. The lowest BCUT2D eigenvalue weighted by Gasteiger charge is -2.47. The number of carbonyl (C=O) groups is 2. The maximum Gasteiger partial charge on any atom is 0.308 e. The zero-order chi connectivity index (χ0) is 21.6. The Morgan fingerprint density at radius 1 is 1.00 bits per heavy atom. The van der Waals surface area contributed by atoms with E-state index in [0.717, 1.165) is 25.7 Å². The second-order valence-corrected chi connectivity index (χ2v) is 11.2. The summed E-state index contributed by atoms with van der Waals surface area (Å²) in [6.07, 6.45) is 4.46. The summed E-state index contributed by atoms with van der Waals surface area (Å²) in [7, 11) is -3.97. The van der Waals surface area contributed by atoms with Crippen LogP contribution in [0.3, 0.4) is 0 Å². The third-order valence-corrected chi connectivity index (χ3v) is 9.08. The van der Waals surface area contributed by atoms with Gasteiger partial charge in [0.2, 0.25) is 15.9 Å². The molecule has 3 saturated carbocycles. The van der Waals surface area contributed by atoms with Crippen LogP contribution in [0.4, 0.5) is 0 Å². The van der Waals surface area contributed by atoms with E-state index in [1.165, 1.54) is 22.5 Å². The van der Waals surface area contributed by atoms with Crippen LogP contribution in [0.1, 0.15) is 38.5 Å². The van der Waals surface area contributed by atoms with Gasteiger partial charge in [0.1, 0.15) is 6.04 Å². The van der Waals surface area contributed by atoms with E-state index in [9.17, 15) is 23.1 Å². The molecule has 4 aliphatic rings. The van der Waals surface area contributed by atoms with Crippen LogP contribution in [0.25, 0.3) is 0 Å². The summed E-state index contributed by atoms with van der Waals surface area (Å²) in [5, 5.41) is 13.0. The van der Waals surface area contributed by atoms with E-state index in [-0.39, 0.29) is 33.3 Å². The standard InChI is InChI=1S/C20H24Cl2N2O5S/c21-13-8-14(22)10-15(9-13)30(28,29)24-7-1-2-16(24)19(25)23-18-12-5-3-11(4-6-12)17(18)20(26)27/h8-12,16-18H,1-7H2,(H,23,25)(H,26,27)/t11?,12?,16-,17?,18?/m0/s1. The summed E-state index contributed by atoms with van der Waals surface area (Å²) in [6.45, 7) is 0.212. The number of benzene rings is 1. The normalized spacial score (nSPS) is 31.6. The van der Waals surface area contributed by atoms with E-state index in [0.29, 0.717) is 12.8 Å². The molecule has 0 spiro atoms. The fraction of sp³-hybridized carbons (Fsp3) is 0.600. The maximum atomic E-state index is 13.2. The monoisotopic (exact) mass is 474 g/mol. The van der Waals surface area contributed by atoms with Crippen LogP contribution in [-0.4, -0.2) is 48.3 Å². The molecular formula is C20H24Cl2N2O5S. The number of hydrogen-bond acceptors (Lipinski definition) is 4. The van der Waals surface area contributed by atoms with Crippen molar-refractivity contribution in [2.45, 2.75) is 55.5 Å². The molecule has 0 radical (unpaired) electrons. The fourth-order valence-corrected chi connectivity index (χ4v) is 7.76. The Bertz CT molecular complexity index is 942. The lowest BCUT2D eigenvalue weighted by atomic mass is 9.61. The van der Waals surface area contributed by atoms with Gasteiger partial charge in [-0.15, -0.1) is 0 Å². The SMILES string of the molecule is O=C(O)C1C2CCC(CC2)C1NC(=O)[C@@H]1CCCN1S(=O)(=O)c1cc(Cl)cc(Cl)c1. The number of carboxylic acid groups (broad SMARTS) is 1. The van der Waals surface area contributed by atoms with Crippen molar-refractivity contribution in [1.82, 2.24) is 9.62 Å². The number of carbonyl (C=O) groups excluding carboxylic acids is 1. The number of aliphatic carboxylic acids is 1. The van der Waals surface area contributed by atoms with Crippen LogP contribution >= 0.6 is 23.2 Å². The zero-order valence-electron chi connectivity index (χ0n) is 16.3. The molecule has 10 heteroatoms. The highest BCUT2D eigenvalue weighted by Gasteiger charge is 2.49. The van der Waals surface area contributed by atoms with Crippen molar-refractivity contribution in [1.29, 1.82) is 0 Å². The van der Waals surface area contributed by atoms with Gasteiger partial charge in [0.25, 0.3) is 0 Å². The Morgan fingerprint density at radius 3 is 2.20 bits per heavy atom. The van der Waals surface area contributed by atoms with E-state index < -0.39 is 39.9 Å². The molecule has 2 bridgehead atoms. The van der Waals surface area contributed by atoms with E-state index in [4.69, 9.17) is 23.2 Å². The first kappa shape index (κ1) is 21.9. The van der Waals surface area contributed by atoms with Gasteiger partial charge in [-0.1, -0.05) is 23.2 Å². The molecule has 1 aromatic carbocycles. The maximum absolute atomic E-state index is 13.2. The first-order valence-electron chi connectivity index (χ1n) is 10.2. The number of fused-ring (bicyclic) bond motifs is 3. The van der Waals surface area contributed by atoms with Crippen molar-refractivity contribution < 1.29 is 23.1 Å².